The van der Waals surface area contributed by atoms with E-state index in [1.807, 2.05) is 31.2 Å². The van der Waals surface area contributed by atoms with Crippen molar-refractivity contribution in [3.05, 3.63) is 24.3 Å². The number of ether oxygens (including phenoxy) is 2. The maximum Gasteiger partial charge on any atom is 0.407 e. The number of nitrogens with one attached hydrogen (secondary N) is 1. The molecule has 2 rings (SSSR count). The van der Waals surface area contributed by atoms with Crippen LogP contribution in [0.2, 0.25) is 0 Å². The Morgan fingerprint density at radius 3 is 2.06 bits per heavy atom. The Balaban J connectivity index is 1.74. The number of nitrogens with zero attached hydrogens (tertiary/aromatic N) is 1. The summed E-state index contributed by atoms with van der Waals surface area (Å²) < 4.78 is 35.0. The molecule has 1 aliphatic rings. The van der Waals surface area contributed by atoms with E-state index in [0.29, 0.717) is 32.0 Å². The third-order valence-electron chi connectivity index (χ3n) is 6.65. The molecule has 1 fully saturated rings. The van der Waals surface area contributed by atoms with Gasteiger partial charge in [-0.1, -0.05) is 71.6 Å². The molecule has 0 saturated carbocycles. The van der Waals surface area contributed by atoms with Crippen LogP contribution in [-0.2, 0) is 14.6 Å². The third kappa shape index (κ3) is 12.8. The fourth-order valence-corrected chi connectivity index (χ4v) is 5.57. The molecule has 0 aliphatic carbocycles. The van der Waals surface area contributed by atoms with Gasteiger partial charge in [-0.25, -0.2) is 13.2 Å². The van der Waals surface area contributed by atoms with Gasteiger partial charge < -0.3 is 19.7 Å². The Labute approximate surface area is 219 Å². The van der Waals surface area contributed by atoms with Crippen molar-refractivity contribution < 1.29 is 22.7 Å². The summed E-state index contributed by atoms with van der Waals surface area (Å²) in [6, 6.07) is 7.71. The maximum absolute atomic E-state index is 12.1. The first-order valence-electron chi connectivity index (χ1n) is 14.1. The van der Waals surface area contributed by atoms with Crippen LogP contribution in [0.25, 0.3) is 0 Å². The SMILES string of the molecule is CCCCCCCCCCCCC(COc1ccc(N2CCS(=O)(=O)CC2)cc1)OC(=O)NCCC. The molecule has 1 N–H and O–H groups in total. The summed E-state index contributed by atoms with van der Waals surface area (Å²) in [5, 5.41) is 2.78. The molecule has 8 heteroatoms. The number of carbonyl (C=O) groups excluding carboxylic acids is 1. The predicted octanol–water partition coefficient (Wildman–Crippen LogP) is 6.12. The molecule has 1 aromatic carbocycles. The van der Waals surface area contributed by atoms with Crippen molar-refractivity contribution in [3.63, 3.8) is 0 Å². The fraction of sp³-hybridized carbons (Fsp3) is 0.750. The summed E-state index contributed by atoms with van der Waals surface area (Å²) >= 11 is 0. The molecule has 1 saturated heterocycles. The summed E-state index contributed by atoms with van der Waals surface area (Å²) in [7, 11) is -2.90. The van der Waals surface area contributed by atoms with E-state index in [9.17, 15) is 13.2 Å². The summed E-state index contributed by atoms with van der Waals surface area (Å²) in [4.78, 5) is 14.2. The molecular formula is C28H48N2O5S. The van der Waals surface area contributed by atoms with Crippen LogP contribution < -0.4 is 15.0 Å². The molecular weight excluding hydrogens is 476 g/mol. The lowest BCUT2D eigenvalue weighted by Crippen LogP contribution is -2.40. The molecule has 206 valence electrons. The van der Waals surface area contributed by atoms with Gasteiger partial charge >= 0.3 is 6.09 Å². The second kappa shape index (κ2) is 17.5. The van der Waals surface area contributed by atoms with Crippen molar-refractivity contribution in [2.45, 2.75) is 97.0 Å². The molecule has 1 amide bonds. The first-order chi connectivity index (χ1) is 17.4. The monoisotopic (exact) mass is 524 g/mol. The van der Waals surface area contributed by atoms with Crippen LogP contribution in [0.4, 0.5) is 10.5 Å². The smallest absolute Gasteiger partial charge is 0.407 e. The van der Waals surface area contributed by atoms with Gasteiger partial charge in [-0.3, -0.25) is 0 Å². The molecule has 1 unspecified atom stereocenters. The Bertz CT molecular complexity index is 815. The number of alkyl carbamates (subject to hydrolysis) is 1. The number of sulfone groups is 1. The van der Waals surface area contributed by atoms with Crippen LogP contribution >= 0.6 is 0 Å². The van der Waals surface area contributed by atoms with Gasteiger partial charge in [0.2, 0.25) is 0 Å². The minimum Gasteiger partial charge on any atom is -0.490 e. The highest BCUT2D eigenvalue weighted by Crippen LogP contribution is 2.22. The van der Waals surface area contributed by atoms with Crippen molar-refractivity contribution in [1.82, 2.24) is 5.32 Å². The number of hydrogen-bond donors (Lipinski definition) is 1. The topological polar surface area (TPSA) is 84.9 Å². The van der Waals surface area contributed by atoms with E-state index in [1.54, 1.807) is 0 Å². The lowest BCUT2D eigenvalue weighted by Gasteiger charge is -2.28. The average molecular weight is 525 g/mol. The van der Waals surface area contributed by atoms with Crippen LogP contribution in [0.3, 0.4) is 0 Å². The first kappa shape index (κ1) is 30.3. The van der Waals surface area contributed by atoms with E-state index in [-0.39, 0.29) is 23.7 Å². The lowest BCUT2D eigenvalue weighted by molar-refractivity contribution is 0.0587. The van der Waals surface area contributed by atoms with Crippen molar-refractivity contribution >= 4 is 21.6 Å². The largest absolute Gasteiger partial charge is 0.490 e. The van der Waals surface area contributed by atoms with Gasteiger partial charge in [-0.05, 0) is 43.5 Å². The van der Waals surface area contributed by atoms with Crippen LogP contribution in [0.5, 0.6) is 5.75 Å². The highest BCUT2D eigenvalue weighted by atomic mass is 32.2. The summed E-state index contributed by atoms with van der Waals surface area (Å²) in [6.45, 7) is 6.22. The molecule has 0 spiro atoms. The number of carbonyl (C=O) groups is 1. The standard InChI is InChI=1S/C28H48N2O5S/c1-3-5-6-7-8-9-10-11-12-13-14-27(35-28(31)29-19-4-2)24-34-26-17-15-25(16-18-26)30-20-22-36(32,33)23-21-30/h15-18,27H,3-14,19-24H2,1-2H3,(H,29,31). The predicted molar refractivity (Wildman–Crippen MR) is 148 cm³/mol. The van der Waals surface area contributed by atoms with Crippen LogP contribution in [0.1, 0.15) is 90.9 Å². The van der Waals surface area contributed by atoms with Gasteiger partial charge in [-0.15, -0.1) is 0 Å². The quantitative estimate of drug-likeness (QED) is 0.233. The van der Waals surface area contributed by atoms with E-state index < -0.39 is 9.84 Å². The van der Waals surface area contributed by atoms with Gasteiger partial charge in [0, 0.05) is 25.3 Å². The Morgan fingerprint density at radius 1 is 0.889 bits per heavy atom. The van der Waals surface area contributed by atoms with Crippen LogP contribution in [0.15, 0.2) is 24.3 Å². The molecule has 1 aromatic rings. The number of anilines is 1. The van der Waals surface area contributed by atoms with Gasteiger partial charge in [0.1, 0.15) is 18.5 Å². The zero-order valence-electron chi connectivity index (χ0n) is 22.5. The van der Waals surface area contributed by atoms with E-state index in [4.69, 9.17) is 9.47 Å². The third-order valence-corrected chi connectivity index (χ3v) is 8.26. The van der Waals surface area contributed by atoms with Crippen molar-refractivity contribution in [3.8, 4) is 5.75 Å². The zero-order chi connectivity index (χ0) is 26.1. The molecule has 0 radical (unpaired) electrons. The molecule has 0 aromatic heterocycles. The van der Waals surface area contributed by atoms with E-state index >= 15 is 0 Å². The Morgan fingerprint density at radius 2 is 1.47 bits per heavy atom. The van der Waals surface area contributed by atoms with Gasteiger partial charge in [0.25, 0.3) is 0 Å². The van der Waals surface area contributed by atoms with Gasteiger partial charge in [0.05, 0.1) is 11.5 Å². The Kier molecular flexibility index (Phi) is 14.7. The number of unbranched alkanes of at least 4 members (excludes halogenated alkanes) is 9. The molecule has 1 atom stereocenters. The second-order valence-electron chi connectivity index (χ2n) is 9.87. The van der Waals surface area contributed by atoms with E-state index in [0.717, 1.165) is 31.4 Å². The second-order valence-corrected chi connectivity index (χ2v) is 12.2. The van der Waals surface area contributed by atoms with E-state index in [2.05, 4.69) is 17.1 Å². The summed E-state index contributed by atoms with van der Waals surface area (Å²) in [6.07, 6.45) is 13.7. The van der Waals surface area contributed by atoms with E-state index in [1.165, 1.54) is 51.4 Å². The van der Waals surface area contributed by atoms with Crippen molar-refractivity contribution in [2.75, 3.05) is 42.6 Å². The highest BCUT2D eigenvalue weighted by Gasteiger charge is 2.22. The Hall–Kier alpha value is -1.96. The molecule has 7 nitrogen and oxygen atoms in total. The molecule has 36 heavy (non-hydrogen) atoms. The lowest BCUT2D eigenvalue weighted by atomic mass is 10.0. The summed E-state index contributed by atoms with van der Waals surface area (Å²) in [5.74, 6) is 1.11. The summed E-state index contributed by atoms with van der Waals surface area (Å²) in [5.41, 5.74) is 0.995. The number of hydrogen-bond acceptors (Lipinski definition) is 6. The minimum atomic E-state index is -2.90. The highest BCUT2D eigenvalue weighted by molar-refractivity contribution is 7.91. The number of benzene rings is 1. The average Bonchev–Trinajstić information content (AvgIpc) is 2.87. The van der Waals surface area contributed by atoms with Gasteiger partial charge in [-0.2, -0.15) is 0 Å². The first-order valence-corrected chi connectivity index (χ1v) is 15.9. The molecule has 1 heterocycles. The van der Waals surface area contributed by atoms with Crippen molar-refractivity contribution in [1.29, 1.82) is 0 Å². The molecule has 0 bridgehead atoms. The van der Waals surface area contributed by atoms with Gasteiger partial charge in [0.15, 0.2) is 9.84 Å². The number of amides is 1. The minimum absolute atomic E-state index is 0.198. The normalized spacial score (nSPS) is 15.9. The van der Waals surface area contributed by atoms with Crippen LogP contribution in [-0.4, -0.2) is 58.4 Å². The number of rotatable bonds is 18. The van der Waals surface area contributed by atoms with Crippen molar-refractivity contribution in [2.24, 2.45) is 0 Å². The van der Waals surface area contributed by atoms with Crippen LogP contribution in [0, 0.1) is 0 Å². The fourth-order valence-electron chi connectivity index (χ4n) is 4.37. The molecule has 1 aliphatic heterocycles. The maximum atomic E-state index is 12.1. The zero-order valence-corrected chi connectivity index (χ0v) is 23.3.